The SMILES string of the molecule is Cc1cccc(CN2C(=O)c3ccccc3C2(OC(=O)C(F)(F)F)c2ccc3[nH]c(N(C)C(=O)O)nc3c2)c1. The van der Waals surface area contributed by atoms with Crippen LogP contribution in [0.1, 0.15) is 32.6 Å². The van der Waals surface area contributed by atoms with Gasteiger partial charge in [0.2, 0.25) is 11.7 Å². The first kappa shape index (κ1) is 25.8. The number of amides is 2. The number of nitrogens with zero attached hydrogens (tertiary/aromatic N) is 3. The number of carboxylic acid groups (broad SMARTS) is 1. The van der Waals surface area contributed by atoms with E-state index in [-0.39, 0.29) is 34.7 Å². The molecule has 1 aliphatic rings. The van der Waals surface area contributed by atoms with E-state index >= 15 is 0 Å². The largest absolute Gasteiger partial charge is 0.491 e. The Kier molecular flexibility index (Phi) is 6.05. The summed E-state index contributed by atoms with van der Waals surface area (Å²) in [5.74, 6) is -3.14. The van der Waals surface area contributed by atoms with Crippen LogP contribution in [0.5, 0.6) is 0 Å². The number of aromatic nitrogens is 2. The summed E-state index contributed by atoms with van der Waals surface area (Å²) in [7, 11) is 1.27. The number of ether oxygens (including phenoxy) is 1. The average molecular weight is 538 g/mol. The summed E-state index contributed by atoms with van der Waals surface area (Å²) in [6.07, 6.45) is -6.64. The lowest BCUT2D eigenvalue weighted by atomic mass is 9.92. The fourth-order valence-electron chi connectivity index (χ4n) is 4.70. The van der Waals surface area contributed by atoms with Crippen molar-refractivity contribution in [2.24, 2.45) is 0 Å². The van der Waals surface area contributed by atoms with Gasteiger partial charge in [0, 0.05) is 23.7 Å². The van der Waals surface area contributed by atoms with Gasteiger partial charge in [0.25, 0.3) is 5.91 Å². The Morgan fingerprint density at radius 3 is 2.54 bits per heavy atom. The molecular weight excluding hydrogens is 517 g/mol. The summed E-state index contributed by atoms with van der Waals surface area (Å²) < 4.78 is 46.2. The summed E-state index contributed by atoms with van der Waals surface area (Å²) in [5, 5.41) is 9.29. The molecule has 1 aromatic heterocycles. The minimum Gasteiger partial charge on any atom is -0.465 e. The maximum atomic E-state index is 13.7. The third kappa shape index (κ3) is 4.33. The van der Waals surface area contributed by atoms with Crippen LogP contribution in [0.3, 0.4) is 0 Å². The van der Waals surface area contributed by atoms with Crippen LogP contribution in [0, 0.1) is 6.92 Å². The van der Waals surface area contributed by atoms with E-state index in [2.05, 4.69) is 9.97 Å². The normalized spacial score (nSPS) is 16.8. The highest BCUT2D eigenvalue weighted by atomic mass is 19.4. The molecule has 0 saturated carbocycles. The van der Waals surface area contributed by atoms with Gasteiger partial charge in [-0.1, -0.05) is 54.1 Å². The zero-order valence-electron chi connectivity index (χ0n) is 20.6. The van der Waals surface area contributed by atoms with Crippen LogP contribution in [-0.2, 0) is 21.8 Å². The number of benzene rings is 3. The number of carbonyl (C=O) groups is 3. The summed E-state index contributed by atoms with van der Waals surface area (Å²) in [6.45, 7) is 1.66. The van der Waals surface area contributed by atoms with E-state index in [4.69, 9.17) is 4.74 Å². The molecule has 0 radical (unpaired) electrons. The van der Waals surface area contributed by atoms with E-state index in [1.807, 2.05) is 13.0 Å². The van der Waals surface area contributed by atoms with Gasteiger partial charge in [-0.3, -0.25) is 14.6 Å². The molecule has 12 heteroatoms. The van der Waals surface area contributed by atoms with Gasteiger partial charge in [-0.2, -0.15) is 13.2 Å². The molecule has 0 spiro atoms. The average Bonchev–Trinajstić information content (AvgIpc) is 3.41. The van der Waals surface area contributed by atoms with Gasteiger partial charge in [0.15, 0.2) is 0 Å². The van der Waals surface area contributed by atoms with E-state index in [0.717, 1.165) is 15.4 Å². The van der Waals surface area contributed by atoms with E-state index in [0.29, 0.717) is 11.1 Å². The molecule has 1 atom stereocenters. The summed E-state index contributed by atoms with van der Waals surface area (Å²) in [5.41, 5.74) is -0.110. The van der Waals surface area contributed by atoms with Crippen molar-refractivity contribution in [2.45, 2.75) is 25.4 Å². The van der Waals surface area contributed by atoms with Gasteiger partial charge in [0.05, 0.1) is 17.6 Å². The fraction of sp³-hybridized carbons (Fsp3) is 0.185. The number of nitrogens with one attached hydrogen (secondary N) is 1. The molecule has 2 heterocycles. The molecule has 5 rings (SSSR count). The maximum Gasteiger partial charge on any atom is 0.491 e. The number of aryl methyl sites for hydroxylation is 1. The Labute approximate surface area is 219 Å². The number of fused-ring (bicyclic) bond motifs is 2. The number of carbonyl (C=O) groups excluding carboxylic acids is 2. The van der Waals surface area contributed by atoms with Crippen LogP contribution in [0.2, 0.25) is 0 Å². The second-order valence-electron chi connectivity index (χ2n) is 9.09. The molecular formula is C27H21F3N4O5. The molecule has 200 valence electrons. The Bertz CT molecular complexity index is 1630. The van der Waals surface area contributed by atoms with E-state index in [1.165, 1.54) is 43.4 Å². The molecule has 0 bridgehead atoms. The quantitative estimate of drug-likeness (QED) is 0.348. The first-order chi connectivity index (χ1) is 18.4. The molecule has 1 unspecified atom stereocenters. The number of H-pyrrole nitrogens is 1. The van der Waals surface area contributed by atoms with Crippen molar-refractivity contribution in [1.82, 2.24) is 14.9 Å². The number of anilines is 1. The minimum absolute atomic E-state index is 0.0228. The third-order valence-corrected chi connectivity index (χ3v) is 6.51. The van der Waals surface area contributed by atoms with Crippen molar-refractivity contribution in [3.63, 3.8) is 0 Å². The molecule has 3 aromatic carbocycles. The molecule has 9 nitrogen and oxygen atoms in total. The summed E-state index contributed by atoms with van der Waals surface area (Å²) >= 11 is 0. The number of aromatic amines is 1. The Balaban J connectivity index is 1.75. The van der Waals surface area contributed by atoms with E-state index < -0.39 is 29.9 Å². The first-order valence-corrected chi connectivity index (χ1v) is 11.7. The first-order valence-electron chi connectivity index (χ1n) is 11.7. The van der Waals surface area contributed by atoms with E-state index in [9.17, 15) is 32.7 Å². The zero-order valence-corrected chi connectivity index (χ0v) is 20.6. The number of rotatable bonds is 5. The van der Waals surface area contributed by atoms with Crippen LogP contribution < -0.4 is 4.90 Å². The maximum absolute atomic E-state index is 13.7. The molecule has 0 saturated heterocycles. The molecule has 1 aliphatic heterocycles. The lowest BCUT2D eigenvalue weighted by Crippen LogP contribution is -2.49. The van der Waals surface area contributed by atoms with Crippen molar-refractivity contribution in [3.8, 4) is 0 Å². The fourth-order valence-corrected chi connectivity index (χ4v) is 4.70. The second-order valence-corrected chi connectivity index (χ2v) is 9.09. The zero-order chi connectivity index (χ0) is 28.1. The number of halogens is 3. The topological polar surface area (TPSA) is 116 Å². The lowest BCUT2D eigenvalue weighted by molar-refractivity contribution is -0.222. The third-order valence-electron chi connectivity index (χ3n) is 6.51. The highest BCUT2D eigenvalue weighted by Crippen LogP contribution is 2.47. The number of hydrogen-bond donors (Lipinski definition) is 2. The van der Waals surface area contributed by atoms with Crippen molar-refractivity contribution >= 4 is 35.0 Å². The van der Waals surface area contributed by atoms with Gasteiger partial charge >= 0.3 is 18.2 Å². The minimum atomic E-state index is -5.35. The van der Waals surface area contributed by atoms with Crippen molar-refractivity contribution in [2.75, 3.05) is 11.9 Å². The molecule has 0 fully saturated rings. The molecule has 0 aliphatic carbocycles. The van der Waals surface area contributed by atoms with Gasteiger partial charge < -0.3 is 14.8 Å². The number of imidazole rings is 1. The summed E-state index contributed by atoms with van der Waals surface area (Å²) in [4.78, 5) is 46.5. The number of hydrogen-bond acceptors (Lipinski definition) is 5. The molecule has 2 amide bonds. The Morgan fingerprint density at radius 2 is 1.85 bits per heavy atom. The highest BCUT2D eigenvalue weighted by molar-refractivity contribution is 6.01. The second kappa shape index (κ2) is 9.15. The van der Waals surface area contributed by atoms with Gasteiger partial charge in [0.1, 0.15) is 0 Å². The number of esters is 1. The smallest absolute Gasteiger partial charge is 0.465 e. The van der Waals surface area contributed by atoms with Crippen molar-refractivity contribution < 1.29 is 37.4 Å². The van der Waals surface area contributed by atoms with Crippen LogP contribution in [0.25, 0.3) is 11.0 Å². The highest BCUT2D eigenvalue weighted by Gasteiger charge is 2.57. The summed E-state index contributed by atoms with van der Waals surface area (Å²) in [6, 6.07) is 17.3. The predicted molar refractivity (Wildman–Crippen MR) is 133 cm³/mol. The van der Waals surface area contributed by atoms with Gasteiger partial charge in [-0.25, -0.2) is 14.6 Å². The van der Waals surface area contributed by atoms with Crippen LogP contribution in [-0.4, -0.2) is 51.2 Å². The standard InChI is InChI=1S/C27H21F3N4O5/c1-15-6-5-7-16(12-15)14-34-22(35)18-8-3-4-9-19(18)26(34,39-23(36)27(28,29)30)17-10-11-20-21(13-17)32-24(31-20)33(2)25(37)38/h3-13H,14H2,1-2H3,(H,31,32)(H,37,38). The Hall–Kier alpha value is -4.87. The number of alkyl halides is 3. The van der Waals surface area contributed by atoms with Gasteiger partial charge in [-0.05, 0) is 30.7 Å². The van der Waals surface area contributed by atoms with Crippen LogP contribution >= 0.6 is 0 Å². The lowest BCUT2D eigenvalue weighted by Gasteiger charge is -2.39. The van der Waals surface area contributed by atoms with Crippen LogP contribution in [0.4, 0.5) is 23.9 Å². The van der Waals surface area contributed by atoms with Gasteiger partial charge in [-0.15, -0.1) is 0 Å². The van der Waals surface area contributed by atoms with E-state index in [1.54, 1.807) is 24.3 Å². The predicted octanol–water partition coefficient (Wildman–Crippen LogP) is 4.95. The molecule has 2 N–H and O–H groups in total. The van der Waals surface area contributed by atoms with Crippen LogP contribution in [0.15, 0.2) is 66.7 Å². The van der Waals surface area contributed by atoms with Crippen molar-refractivity contribution in [1.29, 1.82) is 0 Å². The molecule has 4 aromatic rings. The Morgan fingerprint density at radius 1 is 1.10 bits per heavy atom. The molecule has 39 heavy (non-hydrogen) atoms. The van der Waals surface area contributed by atoms with Crippen molar-refractivity contribution in [3.05, 3.63) is 94.5 Å². The monoisotopic (exact) mass is 538 g/mol.